The van der Waals surface area contributed by atoms with E-state index in [0.717, 1.165) is 10.6 Å². The smallest absolute Gasteiger partial charge is 0.260 e. The highest BCUT2D eigenvalue weighted by atomic mass is 35.5. The van der Waals surface area contributed by atoms with Crippen LogP contribution >= 0.6 is 11.6 Å². The van der Waals surface area contributed by atoms with Gasteiger partial charge >= 0.3 is 0 Å². The second kappa shape index (κ2) is 8.29. The van der Waals surface area contributed by atoms with Gasteiger partial charge in [-0.15, -0.1) is 0 Å². The normalized spacial score (nSPS) is 11.9. The predicted octanol–water partition coefficient (Wildman–Crippen LogP) is 2.79. The molecule has 6 nitrogen and oxygen atoms in total. The molecule has 0 bridgehead atoms. The van der Waals surface area contributed by atoms with Crippen molar-refractivity contribution in [2.45, 2.75) is 6.92 Å². The predicted molar refractivity (Wildman–Crippen MR) is 100 cm³/mol. The van der Waals surface area contributed by atoms with Crippen LogP contribution in [0.2, 0.25) is 5.02 Å². The van der Waals surface area contributed by atoms with E-state index in [-0.39, 0.29) is 16.5 Å². The van der Waals surface area contributed by atoms with Crippen molar-refractivity contribution in [1.82, 2.24) is 5.43 Å². The summed E-state index contributed by atoms with van der Waals surface area (Å²) < 4.78 is 37.9. The Balaban J connectivity index is 2.14. The van der Waals surface area contributed by atoms with Crippen molar-refractivity contribution in [3.8, 4) is 0 Å². The van der Waals surface area contributed by atoms with Crippen molar-refractivity contribution < 1.29 is 17.6 Å². The molecule has 2 rings (SSSR count). The molecule has 0 unspecified atom stereocenters. The molecule has 0 saturated heterocycles. The second-order valence-corrected chi connectivity index (χ2v) is 7.77. The molecule has 26 heavy (non-hydrogen) atoms. The van der Waals surface area contributed by atoms with Gasteiger partial charge in [0.05, 0.1) is 22.7 Å². The number of carbonyl (C=O) groups excluding carboxylic acids is 1. The highest BCUT2D eigenvalue weighted by Crippen LogP contribution is 2.26. The Morgan fingerprint density at radius 1 is 1.19 bits per heavy atom. The fourth-order valence-electron chi connectivity index (χ4n) is 2.10. The van der Waals surface area contributed by atoms with Crippen molar-refractivity contribution in [3.63, 3.8) is 0 Å². The molecule has 9 heteroatoms. The van der Waals surface area contributed by atoms with Crippen LogP contribution in [0.5, 0.6) is 0 Å². The number of hydrogen-bond acceptors (Lipinski definition) is 4. The maximum atomic E-state index is 12.9. The second-order valence-electron chi connectivity index (χ2n) is 5.46. The lowest BCUT2D eigenvalue weighted by Crippen LogP contribution is -2.39. The largest absolute Gasteiger partial charge is 0.271 e. The van der Waals surface area contributed by atoms with Crippen molar-refractivity contribution in [1.29, 1.82) is 0 Å². The van der Waals surface area contributed by atoms with Crippen LogP contribution in [0.15, 0.2) is 53.6 Å². The number of sulfonamides is 1. The number of amides is 1. The Labute approximate surface area is 156 Å². The Morgan fingerprint density at radius 2 is 1.81 bits per heavy atom. The summed E-state index contributed by atoms with van der Waals surface area (Å²) in [4.78, 5) is 12.1. The number of para-hydroxylation sites is 1. The first-order chi connectivity index (χ1) is 12.2. The average Bonchev–Trinajstić information content (AvgIpc) is 2.58. The molecule has 2 aromatic rings. The molecule has 0 spiro atoms. The Hall–Kier alpha value is -2.45. The fourth-order valence-corrected chi connectivity index (χ4v) is 3.26. The summed E-state index contributed by atoms with van der Waals surface area (Å²) in [6.07, 6.45) is 0.983. The van der Waals surface area contributed by atoms with Crippen LogP contribution in [0, 0.1) is 5.82 Å². The van der Waals surface area contributed by atoms with Gasteiger partial charge in [-0.25, -0.2) is 18.2 Å². The van der Waals surface area contributed by atoms with Gasteiger partial charge in [-0.05, 0) is 36.8 Å². The van der Waals surface area contributed by atoms with Crippen molar-refractivity contribution in [2.75, 3.05) is 17.1 Å². The van der Waals surface area contributed by atoms with Crippen LogP contribution in [-0.4, -0.2) is 32.8 Å². The lowest BCUT2D eigenvalue weighted by atomic mass is 10.1. The highest BCUT2D eigenvalue weighted by molar-refractivity contribution is 7.92. The molecule has 0 aromatic heterocycles. The summed E-state index contributed by atoms with van der Waals surface area (Å²) in [7, 11) is -3.73. The minimum absolute atomic E-state index is 0.200. The van der Waals surface area contributed by atoms with Crippen LogP contribution < -0.4 is 9.73 Å². The number of nitrogens with one attached hydrogen (secondary N) is 1. The number of anilines is 1. The zero-order valence-electron chi connectivity index (χ0n) is 14.1. The lowest BCUT2D eigenvalue weighted by molar-refractivity contribution is -0.119. The van der Waals surface area contributed by atoms with Crippen LogP contribution in [0.4, 0.5) is 10.1 Å². The number of hydrazone groups is 1. The van der Waals surface area contributed by atoms with Gasteiger partial charge < -0.3 is 0 Å². The molecule has 0 radical (unpaired) electrons. The van der Waals surface area contributed by atoms with E-state index in [1.54, 1.807) is 19.1 Å². The van der Waals surface area contributed by atoms with Gasteiger partial charge in [-0.1, -0.05) is 35.9 Å². The number of benzene rings is 2. The van der Waals surface area contributed by atoms with E-state index in [0.29, 0.717) is 11.3 Å². The van der Waals surface area contributed by atoms with E-state index in [2.05, 4.69) is 10.5 Å². The summed E-state index contributed by atoms with van der Waals surface area (Å²) in [5.41, 5.74) is 3.56. The van der Waals surface area contributed by atoms with Gasteiger partial charge in [-0.2, -0.15) is 5.10 Å². The van der Waals surface area contributed by atoms with Gasteiger partial charge in [0, 0.05) is 0 Å². The van der Waals surface area contributed by atoms with E-state index < -0.39 is 22.5 Å². The SMILES string of the molecule is C/C(=N/NC(=O)CN(c1ccccc1Cl)S(C)(=O)=O)c1ccc(F)cc1. The van der Waals surface area contributed by atoms with Crippen LogP contribution in [0.1, 0.15) is 12.5 Å². The van der Waals surface area contributed by atoms with E-state index in [1.807, 2.05) is 0 Å². The number of nitrogens with zero attached hydrogens (tertiary/aromatic N) is 2. The summed E-state index contributed by atoms with van der Waals surface area (Å²) in [6, 6.07) is 11.9. The van der Waals surface area contributed by atoms with Crippen LogP contribution in [0.25, 0.3) is 0 Å². The average molecular weight is 398 g/mol. The van der Waals surface area contributed by atoms with E-state index >= 15 is 0 Å². The minimum atomic E-state index is -3.73. The van der Waals surface area contributed by atoms with Gasteiger partial charge in [0.2, 0.25) is 10.0 Å². The third-order valence-corrected chi connectivity index (χ3v) is 4.87. The third kappa shape index (κ3) is 5.27. The molecular weight excluding hydrogens is 381 g/mol. The van der Waals surface area contributed by atoms with Gasteiger partial charge in [0.15, 0.2) is 0 Å². The molecule has 1 N–H and O–H groups in total. The Morgan fingerprint density at radius 3 is 2.38 bits per heavy atom. The van der Waals surface area contributed by atoms with Crippen LogP contribution in [-0.2, 0) is 14.8 Å². The number of carbonyl (C=O) groups is 1. The Kier molecular flexibility index (Phi) is 6.33. The maximum Gasteiger partial charge on any atom is 0.260 e. The van der Waals surface area contributed by atoms with E-state index in [4.69, 9.17) is 11.6 Å². The number of hydrogen-bond donors (Lipinski definition) is 1. The first kappa shape index (κ1) is 19.9. The zero-order valence-corrected chi connectivity index (χ0v) is 15.7. The monoisotopic (exact) mass is 397 g/mol. The number of rotatable bonds is 6. The molecule has 138 valence electrons. The maximum absolute atomic E-state index is 12.9. The molecule has 0 aliphatic heterocycles. The quantitative estimate of drug-likeness (QED) is 0.601. The third-order valence-electron chi connectivity index (χ3n) is 3.42. The first-order valence-corrected chi connectivity index (χ1v) is 9.72. The summed E-state index contributed by atoms with van der Waals surface area (Å²) in [5.74, 6) is -1.02. The summed E-state index contributed by atoms with van der Waals surface area (Å²) in [6.45, 7) is 1.15. The van der Waals surface area contributed by atoms with Crippen LogP contribution in [0.3, 0.4) is 0 Å². The minimum Gasteiger partial charge on any atom is -0.271 e. The van der Waals surface area contributed by atoms with E-state index in [1.165, 1.54) is 36.4 Å². The lowest BCUT2D eigenvalue weighted by Gasteiger charge is -2.22. The van der Waals surface area contributed by atoms with Crippen molar-refractivity contribution in [2.24, 2.45) is 5.10 Å². The topological polar surface area (TPSA) is 78.8 Å². The van der Waals surface area contributed by atoms with Crippen molar-refractivity contribution in [3.05, 3.63) is 64.9 Å². The van der Waals surface area contributed by atoms with Gasteiger partial charge in [-0.3, -0.25) is 9.10 Å². The van der Waals surface area contributed by atoms with Gasteiger partial charge in [0.25, 0.3) is 5.91 Å². The van der Waals surface area contributed by atoms with Gasteiger partial charge in [0.1, 0.15) is 12.4 Å². The number of halogens is 2. The highest BCUT2D eigenvalue weighted by Gasteiger charge is 2.22. The molecule has 0 atom stereocenters. The molecule has 0 fully saturated rings. The molecule has 0 aliphatic rings. The molecular formula is C17H17ClFN3O3S. The first-order valence-electron chi connectivity index (χ1n) is 7.50. The zero-order chi connectivity index (χ0) is 19.3. The summed E-state index contributed by atoms with van der Waals surface area (Å²) in [5, 5.41) is 4.12. The molecule has 2 aromatic carbocycles. The van der Waals surface area contributed by atoms with Crippen molar-refractivity contribution >= 4 is 38.9 Å². The Bertz CT molecular complexity index is 931. The molecule has 0 saturated carbocycles. The molecule has 0 heterocycles. The molecule has 1 amide bonds. The molecule has 0 aliphatic carbocycles. The summed E-state index contributed by atoms with van der Waals surface area (Å²) >= 11 is 6.03. The standard InChI is InChI=1S/C17H17ClFN3O3S/c1-12(13-7-9-14(19)10-8-13)20-21-17(23)11-22(26(2,24)25)16-6-4-3-5-15(16)18/h3-10H,11H2,1-2H3,(H,21,23)/b20-12-. The fraction of sp³-hybridized carbons (Fsp3) is 0.176. The van der Waals surface area contributed by atoms with E-state index in [9.17, 15) is 17.6 Å².